The Bertz CT molecular complexity index is 370. The van der Waals surface area contributed by atoms with E-state index in [0.717, 1.165) is 0 Å². The molecule has 0 radical (unpaired) electrons. The summed E-state index contributed by atoms with van der Waals surface area (Å²) in [5.74, 6) is -1.67. The molecule has 2 unspecified atom stereocenters. The summed E-state index contributed by atoms with van der Waals surface area (Å²) in [6.45, 7) is 3.70. The van der Waals surface area contributed by atoms with Crippen LogP contribution < -0.4 is 0 Å². The third kappa shape index (κ3) is 4.79. The van der Waals surface area contributed by atoms with Crippen LogP contribution in [0.25, 0.3) is 0 Å². The van der Waals surface area contributed by atoms with Crippen LogP contribution in [0.1, 0.15) is 20.8 Å². The van der Waals surface area contributed by atoms with E-state index in [2.05, 4.69) is 15.9 Å². The van der Waals surface area contributed by atoms with Gasteiger partial charge in [-0.25, -0.2) is 0 Å². The maximum Gasteiger partial charge on any atom is 0.303 e. The van der Waals surface area contributed by atoms with Crippen molar-refractivity contribution in [2.24, 2.45) is 0 Å². The summed E-state index contributed by atoms with van der Waals surface area (Å²) in [7, 11) is 0. The minimum absolute atomic E-state index is 0.0329. The summed E-state index contributed by atoms with van der Waals surface area (Å²) >= 11 is 3.18. The molecule has 1 rings (SSSR count). The van der Waals surface area contributed by atoms with E-state index in [0.29, 0.717) is 0 Å². The Morgan fingerprint density at radius 1 is 0.947 bits per heavy atom. The molecule has 0 saturated carbocycles. The highest BCUT2D eigenvalue weighted by molar-refractivity contribution is 9.09. The number of carbonyl (C=O) groups excluding carboxylic acids is 3. The number of carbonyl (C=O) groups is 3. The van der Waals surface area contributed by atoms with Crippen molar-refractivity contribution in [3.63, 3.8) is 0 Å². The molecule has 0 aliphatic carbocycles. The Morgan fingerprint density at radius 3 is 1.89 bits per heavy atom. The lowest BCUT2D eigenvalue weighted by Crippen LogP contribution is -2.55. The summed E-state index contributed by atoms with van der Waals surface area (Å²) in [4.78, 5) is 33.2. The molecular formula is C11H15BrO7. The van der Waals surface area contributed by atoms with Gasteiger partial charge in [-0.05, 0) is 0 Å². The molecule has 1 aliphatic heterocycles. The summed E-state index contributed by atoms with van der Waals surface area (Å²) < 4.78 is 20.4. The first-order chi connectivity index (χ1) is 8.81. The number of ether oxygens (including phenoxy) is 4. The van der Waals surface area contributed by atoms with Gasteiger partial charge in [0.2, 0.25) is 0 Å². The van der Waals surface area contributed by atoms with E-state index in [1.54, 1.807) is 0 Å². The van der Waals surface area contributed by atoms with Gasteiger partial charge < -0.3 is 18.9 Å². The predicted octanol–water partition coefficient (Wildman–Crippen LogP) is 0.533. The van der Waals surface area contributed by atoms with Crippen molar-refractivity contribution in [3.8, 4) is 0 Å². The zero-order valence-corrected chi connectivity index (χ0v) is 12.3. The van der Waals surface area contributed by atoms with Crippen LogP contribution in [0.5, 0.6) is 0 Å². The molecule has 0 aromatic carbocycles. The Kier molecular flexibility index (Phi) is 5.74. The molecule has 0 bridgehead atoms. The van der Waals surface area contributed by atoms with Gasteiger partial charge in [-0.3, -0.25) is 14.4 Å². The monoisotopic (exact) mass is 338 g/mol. The highest BCUT2D eigenvalue weighted by atomic mass is 79.9. The molecule has 19 heavy (non-hydrogen) atoms. The van der Waals surface area contributed by atoms with Crippen molar-refractivity contribution in [1.82, 2.24) is 0 Å². The molecule has 0 aromatic heterocycles. The average molecular weight is 339 g/mol. The van der Waals surface area contributed by atoms with E-state index in [-0.39, 0.29) is 6.61 Å². The molecule has 7 nitrogen and oxygen atoms in total. The van der Waals surface area contributed by atoms with Gasteiger partial charge in [0.25, 0.3) is 0 Å². The largest absolute Gasteiger partial charge is 0.456 e. The Labute approximate surface area is 118 Å². The topological polar surface area (TPSA) is 88.1 Å². The molecule has 0 N–H and O–H groups in total. The van der Waals surface area contributed by atoms with E-state index in [1.807, 2.05) is 0 Å². The van der Waals surface area contributed by atoms with Crippen molar-refractivity contribution in [2.75, 3.05) is 6.61 Å². The molecule has 1 aliphatic rings. The van der Waals surface area contributed by atoms with Gasteiger partial charge in [-0.15, -0.1) is 0 Å². The first-order valence-electron chi connectivity index (χ1n) is 5.58. The summed E-state index contributed by atoms with van der Waals surface area (Å²) in [6.07, 6.45) is -2.62. The van der Waals surface area contributed by atoms with Crippen molar-refractivity contribution in [1.29, 1.82) is 0 Å². The lowest BCUT2D eigenvalue weighted by atomic mass is 10.1. The van der Waals surface area contributed by atoms with E-state index in [1.165, 1.54) is 20.8 Å². The predicted molar refractivity (Wildman–Crippen MR) is 65.3 cm³/mol. The third-order valence-electron chi connectivity index (χ3n) is 2.29. The summed E-state index contributed by atoms with van der Waals surface area (Å²) in [5.41, 5.74) is 0. The molecule has 1 saturated heterocycles. The lowest BCUT2D eigenvalue weighted by molar-refractivity contribution is -0.212. The fraction of sp³-hybridized carbons (Fsp3) is 0.727. The number of hydrogen-bond acceptors (Lipinski definition) is 7. The third-order valence-corrected chi connectivity index (χ3v) is 3.08. The molecule has 108 valence electrons. The van der Waals surface area contributed by atoms with Gasteiger partial charge in [0.15, 0.2) is 23.3 Å². The molecule has 1 fully saturated rings. The van der Waals surface area contributed by atoms with Crippen molar-refractivity contribution in [3.05, 3.63) is 0 Å². The van der Waals surface area contributed by atoms with Crippen LogP contribution in [0.15, 0.2) is 0 Å². The van der Waals surface area contributed by atoms with Gasteiger partial charge in [-0.2, -0.15) is 0 Å². The summed E-state index contributed by atoms with van der Waals surface area (Å²) in [6, 6.07) is 0. The fourth-order valence-electron chi connectivity index (χ4n) is 1.70. The number of rotatable bonds is 3. The molecule has 0 amide bonds. The van der Waals surface area contributed by atoms with Gasteiger partial charge >= 0.3 is 17.9 Å². The van der Waals surface area contributed by atoms with Gasteiger partial charge in [0.1, 0.15) is 0 Å². The van der Waals surface area contributed by atoms with Gasteiger partial charge in [0, 0.05) is 20.8 Å². The maximum absolute atomic E-state index is 11.1. The molecular weight excluding hydrogens is 324 g/mol. The SMILES string of the molecule is CC(=O)OC1C(OC(C)=O)[C@H](OC(C)=O)CO[C@@H]1Br. The molecule has 1 heterocycles. The first-order valence-corrected chi connectivity index (χ1v) is 6.50. The van der Waals surface area contributed by atoms with Gasteiger partial charge in [-0.1, -0.05) is 15.9 Å². The maximum atomic E-state index is 11.1. The Morgan fingerprint density at radius 2 is 1.42 bits per heavy atom. The molecule has 8 heteroatoms. The van der Waals surface area contributed by atoms with Crippen LogP contribution in [-0.2, 0) is 33.3 Å². The average Bonchev–Trinajstić information content (AvgIpc) is 2.25. The minimum Gasteiger partial charge on any atom is -0.456 e. The van der Waals surface area contributed by atoms with Crippen LogP contribution in [-0.4, -0.2) is 47.8 Å². The molecule has 0 aromatic rings. The second-order valence-corrected chi connectivity index (χ2v) is 4.88. The van der Waals surface area contributed by atoms with E-state index in [9.17, 15) is 14.4 Å². The van der Waals surface area contributed by atoms with Gasteiger partial charge in [0.05, 0.1) is 6.61 Å². The van der Waals surface area contributed by atoms with Crippen LogP contribution in [0.4, 0.5) is 0 Å². The Hall–Kier alpha value is -1.15. The summed E-state index contributed by atoms with van der Waals surface area (Å²) in [5, 5.41) is -0.646. The smallest absolute Gasteiger partial charge is 0.303 e. The zero-order valence-electron chi connectivity index (χ0n) is 10.8. The number of hydrogen-bond donors (Lipinski definition) is 0. The zero-order chi connectivity index (χ0) is 14.6. The number of halogens is 1. The Balaban J connectivity index is 2.89. The van der Waals surface area contributed by atoms with Crippen molar-refractivity contribution in [2.45, 2.75) is 44.1 Å². The highest BCUT2D eigenvalue weighted by Crippen LogP contribution is 2.27. The molecule has 4 atom stereocenters. The normalized spacial score (nSPS) is 30.3. The number of esters is 3. The van der Waals surface area contributed by atoms with Crippen molar-refractivity contribution < 1.29 is 33.3 Å². The van der Waals surface area contributed by atoms with Crippen LogP contribution in [0.2, 0.25) is 0 Å². The minimum atomic E-state index is -0.913. The quantitative estimate of drug-likeness (QED) is 0.421. The fourth-order valence-corrected chi connectivity index (χ4v) is 2.26. The van der Waals surface area contributed by atoms with Crippen LogP contribution in [0.3, 0.4) is 0 Å². The highest BCUT2D eigenvalue weighted by Gasteiger charge is 2.45. The van der Waals surface area contributed by atoms with E-state index in [4.69, 9.17) is 18.9 Å². The van der Waals surface area contributed by atoms with E-state index < -0.39 is 41.2 Å². The van der Waals surface area contributed by atoms with Crippen molar-refractivity contribution >= 4 is 33.8 Å². The second-order valence-electron chi connectivity index (χ2n) is 3.98. The second kappa shape index (κ2) is 6.85. The van der Waals surface area contributed by atoms with Crippen LogP contribution in [0, 0.1) is 0 Å². The van der Waals surface area contributed by atoms with E-state index >= 15 is 0 Å². The number of alkyl halides is 1. The molecule has 0 spiro atoms. The lowest BCUT2D eigenvalue weighted by Gasteiger charge is -2.38. The standard InChI is InChI=1S/C11H15BrO7/c1-5(13)17-8-4-16-11(12)10(19-7(3)15)9(8)18-6(2)14/h8-11H,4H2,1-3H3/t8-,9?,10?,11+/m1/s1. The van der Waals surface area contributed by atoms with Crippen LogP contribution >= 0.6 is 15.9 Å². The first kappa shape index (κ1) is 15.9.